The van der Waals surface area contributed by atoms with E-state index in [9.17, 15) is 26.4 Å². The molecule has 0 spiro atoms. The van der Waals surface area contributed by atoms with Crippen molar-refractivity contribution in [2.45, 2.75) is 43.3 Å². The number of carbonyl (C=O) groups excluding carboxylic acids is 1. The van der Waals surface area contributed by atoms with Gasteiger partial charge in [0.05, 0.1) is 30.3 Å². The molecule has 7 nitrogen and oxygen atoms in total. The Morgan fingerprint density at radius 1 is 1.12 bits per heavy atom. The van der Waals surface area contributed by atoms with Crippen LogP contribution in [0.3, 0.4) is 0 Å². The van der Waals surface area contributed by atoms with Gasteiger partial charge < -0.3 is 19.1 Å². The number of fused-ring (bicyclic) bond motifs is 1. The van der Waals surface area contributed by atoms with E-state index in [4.69, 9.17) is 14.2 Å². The number of alkyl halides is 3. The lowest BCUT2D eigenvalue weighted by molar-refractivity contribution is -0.189. The minimum atomic E-state index is -4.65. The largest absolute Gasteiger partial charge is 0.480 e. The van der Waals surface area contributed by atoms with Crippen LogP contribution in [0.5, 0.6) is 5.75 Å². The van der Waals surface area contributed by atoms with Crippen molar-refractivity contribution in [3.8, 4) is 5.75 Å². The molecule has 0 saturated carbocycles. The Morgan fingerprint density at radius 3 is 2.50 bits per heavy atom. The number of hydrogen-bond acceptors (Lipinski definition) is 6. The first-order valence-corrected chi connectivity index (χ1v) is 12.5. The molecular weight excluding hydrogens is 475 g/mol. The molecule has 1 fully saturated rings. The van der Waals surface area contributed by atoms with E-state index in [1.54, 1.807) is 0 Å². The summed E-state index contributed by atoms with van der Waals surface area (Å²) in [6.45, 7) is 2.72. The minimum Gasteiger partial charge on any atom is -0.480 e. The van der Waals surface area contributed by atoms with Crippen molar-refractivity contribution in [3.63, 3.8) is 0 Å². The molecule has 2 aliphatic rings. The second-order valence-corrected chi connectivity index (χ2v) is 10.4. The van der Waals surface area contributed by atoms with Gasteiger partial charge in [0.15, 0.2) is 15.9 Å². The van der Waals surface area contributed by atoms with Crippen LogP contribution < -0.4 is 4.74 Å². The fraction of sp³-hybridized carbons (Fsp3) is 0.435. The summed E-state index contributed by atoms with van der Waals surface area (Å²) in [6, 6.07) is 8.99. The van der Waals surface area contributed by atoms with Crippen molar-refractivity contribution in [3.05, 3.63) is 58.7 Å². The standard InChI is InChI=1S/C23H24F3NO6S/c1-14(23(24,25)26)33-20-6-5-18(34(2,29)30)10-19(20)22(28)27-11-16-4-3-15(9-17(16)12-27)21-13-31-7-8-32-21/h3-6,9-10,14,21H,7-8,11-13H2,1-2H3. The van der Waals surface area contributed by atoms with Crippen LogP contribution in [-0.2, 0) is 32.4 Å². The lowest BCUT2D eigenvalue weighted by Gasteiger charge is -2.23. The number of nitrogens with zero attached hydrogens (tertiary/aromatic N) is 1. The van der Waals surface area contributed by atoms with Crippen LogP contribution in [0, 0.1) is 0 Å². The number of ether oxygens (including phenoxy) is 3. The SMILES string of the molecule is CC(Oc1ccc(S(C)(=O)=O)cc1C(=O)N1Cc2ccc(C3COCCO3)cc2C1)C(F)(F)F. The van der Waals surface area contributed by atoms with Crippen LogP contribution in [-0.4, -0.2) is 57.6 Å². The zero-order chi connectivity index (χ0) is 24.7. The summed E-state index contributed by atoms with van der Waals surface area (Å²) in [6.07, 6.45) is -6.08. The van der Waals surface area contributed by atoms with Crippen LogP contribution >= 0.6 is 0 Å². The molecule has 2 aliphatic heterocycles. The monoisotopic (exact) mass is 499 g/mol. The van der Waals surface area contributed by atoms with Gasteiger partial charge in [0.1, 0.15) is 11.9 Å². The summed E-state index contributed by atoms with van der Waals surface area (Å²) < 4.78 is 79.5. The van der Waals surface area contributed by atoms with Crippen LogP contribution in [0.15, 0.2) is 41.3 Å². The number of rotatable bonds is 5. The highest BCUT2D eigenvalue weighted by atomic mass is 32.2. The molecule has 1 saturated heterocycles. The van der Waals surface area contributed by atoms with E-state index < -0.39 is 28.0 Å². The zero-order valence-corrected chi connectivity index (χ0v) is 19.4. The van der Waals surface area contributed by atoms with Gasteiger partial charge in [-0.15, -0.1) is 0 Å². The number of benzene rings is 2. The van der Waals surface area contributed by atoms with Crippen LogP contribution in [0.1, 0.15) is 40.1 Å². The minimum absolute atomic E-state index is 0.184. The molecule has 0 aliphatic carbocycles. The molecule has 1 amide bonds. The maximum absolute atomic E-state index is 13.4. The average Bonchev–Trinajstić information content (AvgIpc) is 3.21. The molecule has 2 atom stereocenters. The molecule has 2 aromatic rings. The number of hydrogen-bond donors (Lipinski definition) is 0. The van der Waals surface area contributed by atoms with Gasteiger partial charge in [0.25, 0.3) is 5.91 Å². The average molecular weight is 500 g/mol. The molecule has 0 bridgehead atoms. The van der Waals surface area contributed by atoms with Crippen molar-refractivity contribution in [1.82, 2.24) is 4.90 Å². The normalized spacial score (nSPS) is 19.6. The second kappa shape index (κ2) is 9.20. The van der Waals surface area contributed by atoms with Gasteiger partial charge in [-0.1, -0.05) is 18.2 Å². The highest BCUT2D eigenvalue weighted by molar-refractivity contribution is 7.90. The van der Waals surface area contributed by atoms with Crippen molar-refractivity contribution in [2.75, 3.05) is 26.1 Å². The van der Waals surface area contributed by atoms with Crippen molar-refractivity contribution in [1.29, 1.82) is 0 Å². The van der Waals surface area contributed by atoms with E-state index in [0.29, 0.717) is 19.8 Å². The third-order valence-corrected chi connectivity index (χ3v) is 6.91. The van der Waals surface area contributed by atoms with Gasteiger partial charge in [-0.2, -0.15) is 13.2 Å². The molecule has 2 unspecified atom stereocenters. The van der Waals surface area contributed by atoms with Gasteiger partial charge in [-0.3, -0.25) is 4.79 Å². The molecule has 11 heteroatoms. The third-order valence-electron chi connectivity index (χ3n) is 5.80. The Balaban J connectivity index is 1.61. The van der Waals surface area contributed by atoms with E-state index in [-0.39, 0.29) is 35.4 Å². The summed E-state index contributed by atoms with van der Waals surface area (Å²) in [5.74, 6) is -0.948. The molecular formula is C23H24F3NO6S. The number of halogens is 3. The first kappa shape index (κ1) is 24.5. The second-order valence-electron chi connectivity index (χ2n) is 8.36. The molecule has 0 N–H and O–H groups in total. The van der Waals surface area contributed by atoms with Crippen molar-refractivity contribution in [2.24, 2.45) is 0 Å². The fourth-order valence-electron chi connectivity index (χ4n) is 3.88. The lowest BCUT2D eigenvalue weighted by Crippen LogP contribution is -2.32. The Morgan fingerprint density at radius 2 is 1.85 bits per heavy atom. The van der Waals surface area contributed by atoms with Gasteiger partial charge in [0, 0.05) is 19.3 Å². The fourth-order valence-corrected chi connectivity index (χ4v) is 4.52. The number of sulfone groups is 1. The molecule has 4 rings (SSSR count). The van der Waals surface area contributed by atoms with Crippen molar-refractivity contribution >= 4 is 15.7 Å². The Bertz CT molecular complexity index is 1190. The van der Waals surface area contributed by atoms with Crippen LogP contribution in [0.4, 0.5) is 13.2 Å². The molecule has 0 aromatic heterocycles. The highest BCUT2D eigenvalue weighted by Crippen LogP contribution is 2.33. The summed E-state index contributed by atoms with van der Waals surface area (Å²) >= 11 is 0. The Labute approximate surface area is 195 Å². The first-order chi connectivity index (χ1) is 15.9. The van der Waals surface area contributed by atoms with Crippen LogP contribution in [0.25, 0.3) is 0 Å². The van der Waals surface area contributed by atoms with Crippen molar-refractivity contribution < 1.29 is 40.6 Å². The van der Waals surface area contributed by atoms with Crippen LogP contribution in [0.2, 0.25) is 0 Å². The predicted molar refractivity (Wildman–Crippen MR) is 115 cm³/mol. The number of amides is 1. The Kier molecular flexibility index (Phi) is 6.63. The summed E-state index contributed by atoms with van der Waals surface area (Å²) in [4.78, 5) is 14.6. The molecule has 2 aromatic carbocycles. The van der Waals surface area contributed by atoms with Gasteiger partial charge in [0.2, 0.25) is 0 Å². The molecule has 34 heavy (non-hydrogen) atoms. The maximum Gasteiger partial charge on any atom is 0.425 e. The van der Waals surface area contributed by atoms with E-state index in [2.05, 4.69) is 0 Å². The summed E-state index contributed by atoms with van der Waals surface area (Å²) in [7, 11) is -3.70. The van der Waals surface area contributed by atoms with E-state index >= 15 is 0 Å². The summed E-state index contributed by atoms with van der Waals surface area (Å²) in [5.41, 5.74) is 2.44. The molecule has 184 valence electrons. The topological polar surface area (TPSA) is 82.1 Å². The summed E-state index contributed by atoms with van der Waals surface area (Å²) in [5, 5.41) is 0. The van der Waals surface area contributed by atoms with Gasteiger partial charge in [-0.05, 0) is 41.8 Å². The lowest BCUT2D eigenvalue weighted by atomic mass is 10.0. The van der Waals surface area contributed by atoms with E-state index in [0.717, 1.165) is 48.1 Å². The Hall–Kier alpha value is -2.63. The third kappa shape index (κ3) is 5.21. The molecule has 2 heterocycles. The van der Waals surface area contributed by atoms with Gasteiger partial charge >= 0.3 is 6.18 Å². The number of carbonyl (C=O) groups is 1. The quantitative estimate of drug-likeness (QED) is 0.625. The van der Waals surface area contributed by atoms with Gasteiger partial charge in [-0.25, -0.2) is 8.42 Å². The predicted octanol–water partition coefficient (Wildman–Crippen LogP) is 3.66. The van der Waals surface area contributed by atoms with E-state index in [1.165, 1.54) is 4.90 Å². The van der Waals surface area contributed by atoms with E-state index in [1.807, 2.05) is 18.2 Å². The maximum atomic E-state index is 13.4. The zero-order valence-electron chi connectivity index (χ0n) is 18.6. The highest BCUT2D eigenvalue weighted by Gasteiger charge is 2.39. The first-order valence-electron chi connectivity index (χ1n) is 10.6. The molecule has 0 radical (unpaired) electrons. The smallest absolute Gasteiger partial charge is 0.425 e.